The number of rotatable bonds is 9. The predicted molar refractivity (Wildman–Crippen MR) is 123 cm³/mol. The average Bonchev–Trinajstić information content (AvgIpc) is 3.54. The van der Waals surface area contributed by atoms with Crippen molar-refractivity contribution in [1.82, 2.24) is 25.0 Å². The van der Waals surface area contributed by atoms with Crippen molar-refractivity contribution in [3.63, 3.8) is 0 Å². The Morgan fingerprint density at radius 2 is 1.78 bits per heavy atom. The number of alkyl halides is 3. The Morgan fingerprint density at radius 1 is 1.03 bits per heavy atom. The van der Waals surface area contributed by atoms with E-state index in [-0.39, 0.29) is 11.7 Å². The molecule has 0 N–H and O–H groups in total. The molecule has 2 aromatic heterocycles. The van der Waals surface area contributed by atoms with Gasteiger partial charge < -0.3 is 24.0 Å². The van der Waals surface area contributed by atoms with E-state index in [9.17, 15) is 13.2 Å². The molecule has 0 amide bonds. The number of nitrogens with zero attached hydrogens (tertiary/aromatic N) is 8. The highest BCUT2D eigenvalue weighted by Crippen LogP contribution is 2.35. The normalized spacial score (nSPS) is 14.1. The van der Waals surface area contributed by atoms with E-state index in [4.69, 9.17) is 19.5 Å². The van der Waals surface area contributed by atoms with Crippen molar-refractivity contribution >= 4 is 22.4 Å². The summed E-state index contributed by atoms with van der Waals surface area (Å²) in [5, 5.41) is 24.0. The van der Waals surface area contributed by atoms with Gasteiger partial charge in [-0.1, -0.05) is 11.3 Å². The van der Waals surface area contributed by atoms with E-state index in [2.05, 4.69) is 26.5 Å². The van der Waals surface area contributed by atoms with Gasteiger partial charge in [0, 0.05) is 39.4 Å². The van der Waals surface area contributed by atoms with Gasteiger partial charge in [-0.15, -0.1) is 20.4 Å². The fourth-order valence-corrected chi connectivity index (χ4v) is 4.40. The second-order valence-corrected chi connectivity index (χ2v) is 8.64. The summed E-state index contributed by atoms with van der Waals surface area (Å²) in [5.74, 6) is 2.07. The molecule has 4 rings (SSSR count). The molecule has 1 fully saturated rings. The molecule has 1 saturated heterocycles. The molecule has 15 heteroatoms. The minimum Gasteiger partial charge on any atom is -0.493 e. The van der Waals surface area contributed by atoms with Crippen molar-refractivity contribution in [3.05, 3.63) is 34.6 Å². The molecule has 0 aliphatic carbocycles. The highest BCUT2D eigenvalue weighted by atomic mass is 32.1. The standard InChI is InChI=1S/C21H23F3N8O3S/c1-33-10-9-32-17(13-35-15-4-3-14(12-25)11-16(15)34-2)26-28-19(32)30-5-7-31(8-6-30)20-29-27-18(36-20)21(22,23)24/h3-4,11H,5-10,13H2,1-2H3. The van der Waals surface area contributed by atoms with Crippen LogP contribution >= 0.6 is 11.3 Å². The SMILES string of the molecule is COCCn1c(COc2ccc(C#N)cc2OC)nnc1N1CCN(c2nnc(C(F)(F)F)s2)CC1. The molecule has 1 aliphatic heterocycles. The summed E-state index contributed by atoms with van der Waals surface area (Å²) in [5.41, 5.74) is 0.451. The lowest BCUT2D eigenvalue weighted by atomic mass is 10.2. The van der Waals surface area contributed by atoms with Crippen molar-refractivity contribution in [2.75, 3.05) is 56.8 Å². The van der Waals surface area contributed by atoms with E-state index in [1.165, 1.54) is 7.11 Å². The topological polar surface area (TPSA) is 114 Å². The summed E-state index contributed by atoms with van der Waals surface area (Å²) in [7, 11) is 3.09. The minimum atomic E-state index is -4.50. The molecule has 0 bridgehead atoms. The first-order chi connectivity index (χ1) is 17.3. The van der Waals surface area contributed by atoms with E-state index in [1.807, 2.05) is 9.47 Å². The van der Waals surface area contributed by atoms with Gasteiger partial charge >= 0.3 is 6.18 Å². The summed E-state index contributed by atoms with van der Waals surface area (Å²) < 4.78 is 57.0. The molecule has 1 aliphatic rings. The second-order valence-electron chi connectivity index (χ2n) is 7.69. The maximum Gasteiger partial charge on any atom is 0.445 e. The number of benzene rings is 1. The van der Waals surface area contributed by atoms with Crippen LogP contribution in [0, 0.1) is 11.3 Å². The van der Waals surface area contributed by atoms with Crippen LogP contribution in [0.4, 0.5) is 24.3 Å². The number of aromatic nitrogens is 5. The summed E-state index contributed by atoms with van der Waals surface area (Å²) >= 11 is 0.537. The Kier molecular flexibility index (Phi) is 7.75. The van der Waals surface area contributed by atoms with Crippen LogP contribution in [0.5, 0.6) is 11.5 Å². The maximum atomic E-state index is 12.9. The molecule has 0 spiro atoms. The van der Waals surface area contributed by atoms with E-state index in [0.29, 0.717) is 79.5 Å². The van der Waals surface area contributed by atoms with Crippen LogP contribution in [-0.2, 0) is 24.1 Å². The third kappa shape index (κ3) is 5.60. The van der Waals surface area contributed by atoms with Crippen LogP contribution in [0.15, 0.2) is 18.2 Å². The Labute approximate surface area is 208 Å². The van der Waals surface area contributed by atoms with Crippen molar-refractivity contribution < 1.29 is 27.4 Å². The first-order valence-electron chi connectivity index (χ1n) is 10.9. The van der Waals surface area contributed by atoms with Crippen LogP contribution in [-0.4, -0.2) is 72.0 Å². The number of methoxy groups -OCH3 is 2. The summed E-state index contributed by atoms with van der Waals surface area (Å²) in [6.07, 6.45) is -4.50. The summed E-state index contributed by atoms with van der Waals surface area (Å²) in [6.45, 7) is 2.93. The van der Waals surface area contributed by atoms with E-state index < -0.39 is 11.2 Å². The Balaban J connectivity index is 1.45. The molecule has 0 radical (unpaired) electrons. The molecule has 3 heterocycles. The van der Waals surface area contributed by atoms with Crippen LogP contribution in [0.1, 0.15) is 16.4 Å². The average molecular weight is 525 g/mol. The first kappa shape index (κ1) is 25.5. The molecule has 1 aromatic carbocycles. The number of ether oxygens (including phenoxy) is 3. The van der Waals surface area contributed by atoms with E-state index >= 15 is 0 Å². The molecule has 0 atom stereocenters. The third-order valence-electron chi connectivity index (χ3n) is 5.47. The second kappa shape index (κ2) is 11.0. The van der Waals surface area contributed by atoms with Crippen LogP contribution in [0.2, 0.25) is 0 Å². The third-order valence-corrected chi connectivity index (χ3v) is 6.50. The smallest absolute Gasteiger partial charge is 0.445 e. The maximum absolute atomic E-state index is 12.9. The van der Waals surface area contributed by atoms with Crippen molar-refractivity contribution in [1.29, 1.82) is 5.26 Å². The zero-order chi connectivity index (χ0) is 25.7. The van der Waals surface area contributed by atoms with Crippen LogP contribution < -0.4 is 19.3 Å². The zero-order valence-electron chi connectivity index (χ0n) is 19.5. The number of nitriles is 1. The fourth-order valence-electron chi connectivity index (χ4n) is 3.63. The van der Waals surface area contributed by atoms with Crippen molar-refractivity contribution in [2.45, 2.75) is 19.3 Å². The molecule has 0 saturated carbocycles. The Morgan fingerprint density at radius 3 is 2.42 bits per heavy atom. The van der Waals surface area contributed by atoms with Gasteiger partial charge in [0.1, 0.15) is 6.61 Å². The quantitative estimate of drug-likeness (QED) is 0.414. The molecule has 192 valence electrons. The molecule has 3 aromatic rings. The molecular weight excluding hydrogens is 501 g/mol. The lowest BCUT2D eigenvalue weighted by Crippen LogP contribution is -2.47. The van der Waals surface area contributed by atoms with Gasteiger partial charge in [-0.25, -0.2) is 0 Å². The van der Waals surface area contributed by atoms with Gasteiger partial charge in [0.15, 0.2) is 17.3 Å². The number of anilines is 2. The van der Waals surface area contributed by atoms with Gasteiger partial charge in [-0.3, -0.25) is 4.57 Å². The number of piperazine rings is 1. The van der Waals surface area contributed by atoms with Gasteiger partial charge in [-0.05, 0) is 12.1 Å². The van der Waals surface area contributed by atoms with Crippen molar-refractivity contribution in [3.8, 4) is 17.6 Å². The number of halogens is 3. The van der Waals surface area contributed by atoms with E-state index in [0.717, 1.165) is 0 Å². The van der Waals surface area contributed by atoms with Crippen LogP contribution in [0.3, 0.4) is 0 Å². The summed E-state index contributed by atoms with van der Waals surface area (Å²) in [6, 6.07) is 6.93. The molecular formula is C21H23F3N8O3S. The van der Waals surface area contributed by atoms with Gasteiger partial charge in [0.05, 0.1) is 31.9 Å². The molecule has 0 unspecified atom stereocenters. The number of hydrogen-bond donors (Lipinski definition) is 0. The number of hydrogen-bond acceptors (Lipinski definition) is 11. The zero-order valence-corrected chi connectivity index (χ0v) is 20.3. The van der Waals surface area contributed by atoms with Crippen molar-refractivity contribution in [2.24, 2.45) is 0 Å². The monoisotopic (exact) mass is 524 g/mol. The lowest BCUT2D eigenvalue weighted by molar-refractivity contribution is -0.138. The highest BCUT2D eigenvalue weighted by molar-refractivity contribution is 7.15. The summed E-state index contributed by atoms with van der Waals surface area (Å²) in [4.78, 5) is 3.79. The predicted octanol–water partition coefficient (Wildman–Crippen LogP) is 2.58. The molecule has 36 heavy (non-hydrogen) atoms. The van der Waals surface area contributed by atoms with Gasteiger partial charge in [0.2, 0.25) is 16.1 Å². The lowest BCUT2D eigenvalue weighted by Gasteiger charge is -2.34. The Bertz CT molecular complexity index is 1220. The van der Waals surface area contributed by atoms with E-state index in [1.54, 1.807) is 30.2 Å². The fraction of sp³-hybridized carbons (Fsp3) is 0.476. The Hall–Kier alpha value is -3.64. The van der Waals surface area contributed by atoms with Crippen LogP contribution in [0.25, 0.3) is 0 Å². The largest absolute Gasteiger partial charge is 0.493 e. The minimum absolute atomic E-state index is 0.101. The first-order valence-corrected chi connectivity index (χ1v) is 11.7. The molecule has 11 nitrogen and oxygen atoms in total. The van der Waals surface area contributed by atoms with Gasteiger partial charge in [0.25, 0.3) is 0 Å². The van der Waals surface area contributed by atoms with Gasteiger partial charge in [-0.2, -0.15) is 18.4 Å². The highest BCUT2D eigenvalue weighted by Gasteiger charge is 2.36.